The Balaban J connectivity index is 1.63. The average molecular weight is 382 g/mol. The first-order valence-electron chi connectivity index (χ1n) is 8.62. The molecule has 3 aromatic rings. The monoisotopic (exact) mass is 382 g/mol. The molecule has 0 bridgehead atoms. The van der Waals surface area contributed by atoms with Crippen molar-refractivity contribution < 1.29 is 14.3 Å². The summed E-state index contributed by atoms with van der Waals surface area (Å²) in [4.78, 5) is 17.0. The van der Waals surface area contributed by atoms with Gasteiger partial charge in [0.1, 0.15) is 16.5 Å². The molecule has 1 atom stereocenters. The number of hydrogen-bond donors (Lipinski definition) is 1. The molecule has 0 aliphatic rings. The molecule has 1 N–H and O–H groups in total. The van der Waals surface area contributed by atoms with Crippen molar-refractivity contribution in [1.29, 1.82) is 0 Å². The van der Waals surface area contributed by atoms with Gasteiger partial charge in [-0.15, -0.1) is 11.3 Å². The van der Waals surface area contributed by atoms with Crippen LogP contribution in [0.15, 0.2) is 53.9 Å². The molecule has 0 saturated carbocycles. The van der Waals surface area contributed by atoms with Crippen molar-refractivity contribution in [3.63, 3.8) is 0 Å². The first kappa shape index (κ1) is 18.9. The van der Waals surface area contributed by atoms with E-state index < -0.39 is 0 Å². The number of methoxy groups -OCH3 is 2. The summed E-state index contributed by atoms with van der Waals surface area (Å²) < 4.78 is 10.5. The Labute approximate surface area is 163 Å². The van der Waals surface area contributed by atoms with E-state index in [9.17, 15) is 4.79 Å². The van der Waals surface area contributed by atoms with Crippen molar-refractivity contribution in [2.45, 2.75) is 19.4 Å². The number of thiazole rings is 1. The van der Waals surface area contributed by atoms with Crippen molar-refractivity contribution in [1.82, 2.24) is 10.3 Å². The summed E-state index contributed by atoms with van der Waals surface area (Å²) in [7, 11) is 3.27. The molecule has 1 heterocycles. The van der Waals surface area contributed by atoms with Gasteiger partial charge in [-0.25, -0.2) is 4.98 Å². The summed E-state index contributed by atoms with van der Waals surface area (Å²) in [6, 6.07) is 15.3. The van der Waals surface area contributed by atoms with Crippen LogP contribution < -0.4 is 14.8 Å². The Morgan fingerprint density at radius 2 is 1.85 bits per heavy atom. The van der Waals surface area contributed by atoms with Gasteiger partial charge in [0.05, 0.1) is 32.4 Å². The molecule has 0 spiro atoms. The predicted molar refractivity (Wildman–Crippen MR) is 107 cm³/mol. The van der Waals surface area contributed by atoms with E-state index in [2.05, 4.69) is 10.3 Å². The lowest BCUT2D eigenvalue weighted by atomic mass is 10.1. The Hall–Kier alpha value is -2.86. The van der Waals surface area contributed by atoms with Crippen LogP contribution in [-0.2, 0) is 11.2 Å². The summed E-state index contributed by atoms with van der Waals surface area (Å²) in [6.07, 6.45) is 0.242. The Morgan fingerprint density at radius 1 is 1.11 bits per heavy atom. The zero-order valence-corrected chi connectivity index (χ0v) is 16.4. The molecule has 0 aliphatic heterocycles. The predicted octanol–water partition coefficient (Wildman–Crippen LogP) is 4.25. The van der Waals surface area contributed by atoms with Gasteiger partial charge >= 0.3 is 0 Å². The van der Waals surface area contributed by atoms with Gasteiger partial charge in [0.15, 0.2) is 0 Å². The minimum atomic E-state index is -0.145. The van der Waals surface area contributed by atoms with Crippen LogP contribution in [0.1, 0.15) is 24.2 Å². The maximum atomic E-state index is 12.4. The van der Waals surface area contributed by atoms with Gasteiger partial charge in [0, 0.05) is 16.5 Å². The third-order valence-corrected chi connectivity index (χ3v) is 5.15. The Morgan fingerprint density at radius 3 is 2.56 bits per heavy atom. The van der Waals surface area contributed by atoms with E-state index in [0.29, 0.717) is 0 Å². The summed E-state index contributed by atoms with van der Waals surface area (Å²) in [6.45, 7) is 1.94. The van der Waals surface area contributed by atoms with E-state index in [1.807, 2.05) is 60.8 Å². The van der Waals surface area contributed by atoms with Gasteiger partial charge < -0.3 is 14.8 Å². The fourth-order valence-electron chi connectivity index (χ4n) is 2.81. The molecule has 0 radical (unpaired) electrons. The molecule has 0 aliphatic carbocycles. The van der Waals surface area contributed by atoms with Crippen LogP contribution in [0.25, 0.3) is 10.6 Å². The second-order valence-electron chi connectivity index (χ2n) is 6.08. The normalized spacial score (nSPS) is 11.7. The van der Waals surface area contributed by atoms with E-state index in [0.717, 1.165) is 33.3 Å². The van der Waals surface area contributed by atoms with Crippen molar-refractivity contribution in [2.75, 3.05) is 14.2 Å². The zero-order valence-electron chi connectivity index (χ0n) is 15.6. The van der Waals surface area contributed by atoms with E-state index in [1.54, 1.807) is 14.2 Å². The standard InChI is InChI=1S/C21H22N2O3S/c1-14(18-6-4-5-7-19(18)26-3)22-20(24)12-16-13-27-21(23-16)15-8-10-17(25-2)11-9-15/h4-11,13-14H,12H2,1-3H3,(H,22,24)/t14-/m1/s1. The molecule has 140 valence electrons. The minimum Gasteiger partial charge on any atom is -0.497 e. The third-order valence-electron chi connectivity index (χ3n) is 4.21. The summed E-state index contributed by atoms with van der Waals surface area (Å²) in [5, 5.41) is 5.82. The second kappa shape index (κ2) is 8.68. The molecule has 1 amide bonds. The first-order chi connectivity index (χ1) is 13.1. The lowest BCUT2D eigenvalue weighted by molar-refractivity contribution is -0.121. The topological polar surface area (TPSA) is 60.5 Å². The number of ether oxygens (including phenoxy) is 2. The highest BCUT2D eigenvalue weighted by molar-refractivity contribution is 7.13. The first-order valence-corrected chi connectivity index (χ1v) is 9.49. The Kier molecular flexibility index (Phi) is 6.08. The van der Waals surface area contributed by atoms with E-state index in [1.165, 1.54) is 11.3 Å². The zero-order chi connectivity index (χ0) is 19.2. The van der Waals surface area contributed by atoms with Crippen LogP contribution in [-0.4, -0.2) is 25.1 Å². The smallest absolute Gasteiger partial charge is 0.226 e. The molecule has 3 rings (SSSR count). The number of rotatable bonds is 7. The number of amides is 1. The van der Waals surface area contributed by atoms with Crippen LogP contribution in [0, 0.1) is 0 Å². The highest BCUT2D eigenvalue weighted by Crippen LogP contribution is 2.27. The summed E-state index contributed by atoms with van der Waals surface area (Å²) in [5.74, 6) is 1.50. The van der Waals surface area contributed by atoms with Gasteiger partial charge in [-0.2, -0.15) is 0 Å². The molecule has 27 heavy (non-hydrogen) atoms. The quantitative estimate of drug-likeness (QED) is 0.664. The van der Waals surface area contributed by atoms with Crippen LogP contribution in [0.5, 0.6) is 11.5 Å². The number of benzene rings is 2. The van der Waals surface area contributed by atoms with Gasteiger partial charge in [-0.3, -0.25) is 4.79 Å². The van der Waals surface area contributed by atoms with Gasteiger partial charge in [0.25, 0.3) is 0 Å². The molecule has 5 nitrogen and oxygen atoms in total. The molecule has 6 heteroatoms. The fourth-order valence-corrected chi connectivity index (χ4v) is 3.64. The molecule has 2 aromatic carbocycles. The van der Waals surface area contributed by atoms with Crippen LogP contribution >= 0.6 is 11.3 Å². The number of hydrogen-bond acceptors (Lipinski definition) is 5. The molecular formula is C21H22N2O3S. The van der Waals surface area contributed by atoms with Gasteiger partial charge in [0.2, 0.25) is 5.91 Å². The second-order valence-corrected chi connectivity index (χ2v) is 6.94. The lowest BCUT2D eigenvalue weighted by Crippen LogP contribution is -2.28. The highest BCUT2D eigenvalue weighted by atomic mass is 32.1. The van der Waals surface area contributed by atoms with E-state index >= 15 is 0 Å². The molecular weight excluding hydrogens is 360 g/mol. The number of nitrogens with one attached hydrogen (secondary N) is 1. The summed E-state index contributed by atoms with van der Waals surface area (Å²) >= 11 is 1.53. The Bertz CT molecular complexity index is 906. The molecule has 0 unspecified atom stereocenters. The maximum absolute atomic E-state index is 12.4. The van der Waals surface area contributed by atoms with E-state index in [4.69, 9.17) is 9.47 Å². The number of carbonyl (C=O) groups is 1. The largest absolute Gasteiger partial charge is 0.497 e. The number of carbonyl (C=O) groups excluding carboxylic acids is 1. The van der Waals surface area contributed by atoms with Crippen LogP contribution in [0.3, 0.4) is 0 Å². The molecule has 0 saturated heterocycles. The SMILES string of the molecule is COc1ccc(-c2nc(CC(=O)N[C@H](C)c3ccccc3OC)cs2)cc1. The van der Waals surface area contributed by atoms with Gasteiger partial charge in [-0.05, 0) is 37.3 Å². The molecule has 0 fully saturated rings. The number of nitrogens with zero attached hydrogens (tertiary/aromatic N) is 1. The van der Waals surface area contributed by atoms with Crippen molar-refractivity contribution in [3.05, 3.63) is 65.2 Å². The summed E-state index contributed by atoms with van der Waals surface area (Å²) in [5.41, 5.74) is 2.72. The van der Waals surface area contributed by atoms with Crippen LogP contribution in [0.2, 0.25) is 0 Å². The third kappa shape index (κ3) is 4.65. The minimum absolute atomic E-state index is 0.0695. The van der Waals surface area contributed by atoms with Crippen LogP contribution in [0.4, 0.5) is 0 Å². The fraction of sp³-hybridized carbons (Fsp3) is 0.238. The van der Waals surface area contributed by atoms with Crippen molar-refractivity contribution >= 4 is 17.2 Å². The van der Waals surface area contributed by atoms with Crippen molar-refractivity contribution in [3.8, 4) is 22.1 Å². The van der Waals surface area contributed by atoms with Crippen molar-refractivity contribution in [2.24, 2.45) is 0 Å². The van der Waals surface area contributed by atoms with Gasteiger partial charge in [-0.1, -0.05) is 18.2 Å². The molecule has 1 aromatic heterocycles. The lowest BCUT2D eigenvalue weighted by Gasteiger charge is -2.17. The highest BCUT2D eigenvalue weighted by Gasteiger charge is 2.15. The van der Waals surface area contributed by atoms with E-state index in [-0.39, 0.29) is 18.4 Å². The number of para-hydroxylation sites is 1. The average Bonchev–Trinajstić information content (AvgIpc) is 3.16. The maximum Gasteiger partial charge on any atom is 0.226 e. The number of aromatic nitrogens is 1.